The summed E-state index contributed by atoms with van der Waals surface area (Å²) in [5.74, 6) is 0.480. The van der Waals surface area contributed by atoms with Gasteiger partial charge in [0.25, 0.3) is 5.91 Å². The van der Waals surface area contributed by atoms with E-state index < -0.39 is 0 Å². The third-order valence-corrected chi connectivity index (χ3v) is 6.79. The first-order valence-corrected chi connectivity index (χ1v) is 11.8. The number of aryl methyl sites for hydroxylation is 1. The molecule has 0 unspecified atom stereocenters. The average molecular weight is 445 g/mol. The van der Waals surface area contributed by atoms with Crippen LogP contribution in [0.5, 0.6) is 0 Å². The number of amides is 1. The highest BCUT2D eigenvalue weighted by molar-refractivity contribution is 5.94. The van der Waals surface area contributed by atoms with E-state index in [1.165, 1.54) is 17.2 Å². The fraction of sp³-hybridized carbons (Fsp3) is 0.345. The molecule has 0 bridgehead atoms. The van der Waals surface area contributed by atoms with Crippen LogP contribution < -0.4 is 0 Å². The maximum absolute atomic E-state index is 14.4. The van der Waals surface area contributed by atoms with Crippen LogP contribution >= 0.6 is 0 Å². The van der Waals surface area contributed by atoms with E-state index in [4.69, 9.17) is 0 Å². The summed E-state index contributed by atoms with van der Waals surface area (Å²) in [5, 5.41) is 0. The maximum atomic E-state index is 14.4. The highest BCUT2D eigenvalue weighted by Crippen LogP contribution is 2.36. The third-order valence-electron chi connectivity index (χ3n) is 6.79. The van der Waals surface area contributed by atoms with Gasteiger partial charge in [0.1, 0.15) is 5.82 Å². The Morgan fingerprint density at radius 3 is 2.33 bits per heavy atom. The summed E-state index contributed by atoms with van der Waals surface area (Å²) >= 11 is 0. The van der Waals surface area contributed by atoms with Gasteiger partial charge in [0.15, 0.2) is 0 Å². The minimum absolute atomic E-state index is 0.0710. The lowest BCUT2D eigenvalue weighted by molar-refractivity contribution is 0.0668. The minimum Gasteiger partial charge on any atom is -0.336 e. The molecule has 0 radical (unpaired) electrons. The molecule has 0 spiro atoms. The van der Waals surface area contributed by atoms with Crippen molar-refractivity contribution in [2.45, 2.75) is 39.3 Å². The van der Waals surface area contributed by atoms with Crippen molar-refractivity contribution >= 4 is 5.91 Å². The Morgan fingerprint density at radius 1 is 0.970 bits per heavy atom. The van der Waals surface area contributed by atoms with Crippen molar-refractivity contribution in [3.8, 4) is 0 Å². The van der Waals surface area contributed by atoms with E-state index >= 15 is 0 Å². The van der Waals surface area contributed by atoms with Gasteiger partial charge in [-0.15, -0.1) is 0 Å². The zero-order valence-electron chi connectivity index (χ0n) is 19.7. The van der Waals surface area contributed by atoms with Gasteiger partial charge in [0.2, 0.25) is 0 Å². The molecule has 2 atom stereocenters. The molecule has 33 heavy (non-hydrogen) atoms. The normalized spacial score (nSPS) is 18.6. The molecule has 3 aromatic rings. The second-order valence-corrected chi connectivity index (χ2v) is 9.43. The van der Waals surface area contributed by atoms with Crippen molar-refractivity contribution in [1.82, 2.24) is 9.80 Å². The molecule has 1 amide bonds. The fourth-order valence-electron chi connectivity index (χ4n) is 5.02. The SMILES string of the molecule is Cc1ccccc1[C@@H]1CN(Cc2ccccc2F)C[C@H]1CN(C(=O)c1ccccc1)C(C)C. The Bertz CT molecular complexity index is 1080. The van der Waals surface area contributed by atoms with Crippen molar-refractivity contribution in [3.05, 3.63) is 107 Å². The lowest BCUT2D eigenvalue weighted by Gasteiger charge is -2.32. The average Bonchev–Trinajstić information content (AvgIpc) is 3.21. The number of benzene rings is 3. The quantitative estimate of drug-likeness (QED) is 0.453. The van der Waals surface area contributed by atoms with Gasteiger partial charge >= 0.3 is 0 Å². The summed E-state index contributed by atoms with van der Waals surface area (Å²) in [4.78, 5) is 17.7. The van der Waals surface area contributed by atoms with E-state index in [1.54, 1.807) is 6.07 Å². The summed E-state index contributed by atoms with van der Waals surface area (Å²) < 4.78 is 14.4. The molecule has 1 heterocycles. The van der Waals surface area contributed by atoms with Crippen LogP contribution in [0.3, 0.4) is 0 Å². The standard InChI is InChI=1S/C29H33FN2O/c1-21(2)32(29(33)23-12-5-4-6-13-23)19-25-18-31(17-24-14-8-10-16-28(24)30)20-27(25)26-15-9-7-11-22(26)3/h4-16,21,25,27H,17-20H2,1-3H3/t25-,27+/m0/s1. The molecular weight excluding hydrogens is 411 g/mol. The van der Waals surface area contributed by atoms with Crippen molar-refractivity contribution in [1.29, 1.82) is 0 Å². The molecular formula is C29H33FN2O. The van der Waals surface area contributed by atoms with Crippen molar-refractivity contribution in [3.63, 3.8) is 0 Å². The topological polar surface area (TPSA) is 23.6 Å². The smallest absolute Gasteiger partial charge is 0.254 e. The summed E-state index contributed by atoms with van der Waals surface area (Å²) in [6.07, 6.45) is 0. The van der Waals surface area contributed by atoms with Gasteiger partial charge in [-0.3, -0.25) is 9.69 Å². The van der Waals surface area contributed by atoms with E-state index in [2.05, 4.69) is 49.9 Å². The molecule has 3 aromatic carbocycles. The van der Waals surface area contributed by atoms with E-state index in [-0.39, 0.29) is 23.7 Å². The second kappa shape index (κ2) is 10.3. The molecule has 1 aliphatic rings. The highest BCUT2D eigenvalue weighted by Gasteiger charge is 2.37. The molecule has 1 aliphatic heterocycles. The summed E-state index contributed by atoms with van der Waals surface area (Å²) in [6, 6.07) is 25.2. The molecule has 172 valence electrons. The number of rotatable bonds is 7. The van der Waals surface area contributed by atoms with Crippen LogP contribution in [0.2, 0.25) is 0 Å². The lowest BCUT2D eigenvalue weighted by atomic mass is 9.86. The van der Waals surface area contributed by atoms with Crippen LogP contribution in [0.4, 0.5) is 4.39 Å². The zero-order valence-corrected chi connectivity index (χ0v) is 19.7. The van der Waals surface area contributed by atoms with Crippen molar-refractivity contribution < 1.29 is 9.18 Å². The molecule has 4 rings (SSSR count). The van der Waals surface area contributed by atoms with E-state index in [0.29, 0.717) is 19.0 Å². The third kappa shape index (κ3) is 5.33. The molecule has 3 nitrogen and oxygen atoms in total. The predicted octanol–water partition coefficient (Wildman–Crippen LogP) is 5.90. The van der Waals surface area contributed by atoms with Crippen LogP contribution in [0.25, 0.3) is 0 Å². The van der Waals surface area contributed by atoms with Gasteiger partial charge in [-0.2, -0.15) is 0 Å². The molecule has 0 saturated carbocycles. The Balaban J connectivity index is 1.60. The zero-order chi connectivity index (χ0) is 23.4. The monoisotopic (exact) mass is 444 g/mol. The largest absolute Gasteiger partial charge is 0.336 e. The molecule has 0 aromatic heterocycles. The summed E-state index contributed by atoms with van der Waals surface area (Å²) in [7, 11) is 0. The Labute approximate surface area is 196 Å². The summed E-state index contributed by atoms with van der Waals surface area (Å²) in [5.41, 5.74) is 4.04. The molecule has 0 aliphatic carbocycles. The Morgan fingerprint density at radius 2 is 1.64 bits per heavy atom. The molecule has 4 heteroatoms. The first kappa shape index (κ1) is 23.2. The molecule has 1 saturated heterocycles. The van der Waals surface area contributed by atoms with Gasteiger partial charge in [-0.1, -0.05) is 60.7 Å². The van der Waals surface area contributed by atoms with Crippen LogP contribution in [-0.2, 0) is 6.54 Å². The first-order valence-electron chi connectivity index (χ1n) is 11.8. The van der Waals surface area contributed by atoms with E-state index in [1.807, 2.05) is 47.4 Å². The maximum Gasteiger partial charge on any atom is 0.254 e. The first-order chi connectivity index (χ1) is 15.9. The number of likely N-dealkylation sites (tertiary alicyclic amines) is 1. The van der Waals surface area contributed by atoms with E-state index in [0.717, 1.165) is 24.2 Å². The Kier molecular flexibility index (Phi) is 7.24. The number of carbonyl (C=O) groups excluding carboxylic acids is 1. The number of hydrogen-bond donors (Lipinski definition) is 0. The van der Waals surface area contributed by atoms with Gasteiger partial charge < -0.3 is 4.90 Å². The Hall–Kier alpha value is -2.98. The fourth-order valence-corrected chi connectivity index (χ4v) is 5.02. The number of halogens is 1. The van der Waals surface area contributed by atoms with Crippen molar-refractivity contribution in [2.24, 2.45) is 5.92 Å². The molecule has 0 N–H and O–H groups in total. The lowest BCUT2D eigenvalue weighted by Crippen LogP contribution is -2.42. The van der Waals surface area contributed by atoms with E-state index in [9.17, 15) is 9.18 Å². The number of carbonyl (C=O) groups is 1. The summed E-state index contributed by atoms with van der Waals surface area (Å²) in [6.45, 7) is 9.26. The van der Waals surface area contributed by atoms with Crippen LogP contribution in [0.1, 0.15) is 46.8 Å². The van der Waals surface area contributed by atoms with Gasteiger partial charge in [0.05, 0.1) is 0 Å². The van der Waals surface area contributed by atoms with Crippen LogP contribution in [0, 0.1) is 18.7 Å². The number of hydrogen-bond acceptors (Lipinski definition) is 2. The van der Waals surface area contributed by atoms with Gasteiger partial charge in [-0.05, 0) is 56.0 Å². The van der Waals surface area contributed by atoms with Crippen molar-refractivity contribution in [2.75, 3.05) is 19.6 Å². The van der Waals surface area contributed by atoms with Crippen LogP contribution in [0.15, 0.2) is 78.9 Å². The second-order valence-electron chi connectivity index (χ2n) is 9.43. The predicted molar refractivity (Wildman–Crippen MR) is 132 cm³/mol. The minimum atomic E-state index is -0.156. The van der Waals surface area contributed by atoms with Crippen LogP contribution in [-0.4, -0.2) is 41.4 Å². The van der Waals surface area contributed by atoms with Gasteiger partial charge in [-0.25, -0.2) is 4.39 Å². The molecule has 1 fully saturated rings. The number of nitrogens with zero attached hydrogens (tertiary/aromatic N) is 2. The highest BCUT2D eigenvalue weighted by atomic mass is 19.1. The van der Waals surface area contributed by atoms with Gasteiger partial charge in [0, 0.05) is 49.3 Å².